The summed E-state index contributed by atoms with van der Waals surface area (Å²) in [6, 6.07) is 20.4. The first-order valence-electron chi connectivity index (χ1n) is 11.4. The van der Waals surface area contributed by atoms with Gasteiger partial charge in [0.2, 0.25) is 5.89 Å². The number of aliphatic imine (C=N–C) groups is 1. The monoisotopic (exact) mass is 442 g/mol. The molecule has 2 aromatic carbocycles. The highest BCUT2D eigenvalue weighted by molar-refractivity contribution is 5.79. The lowest BCUT2D eigenvalue weighted by atomic mass is 10.1. The van der Waals surface area contributed by atoms with Crippen molar-refractivity contribution >= 4 is 5.96 Å². The van der Waals surface area contributed by atoms with Crippen LogP contribution in [0.5, 0.6) is 0 Å². The fraction of sp³-hybridized carbons (Fsp3) is 0.269. The Morgan fingerprint density at radius 2 is 1.82 bits per heavy atom. The summed E-state index contributed by atoms with van der Waals surface area (Å²) in [5.41, 5.74) is 3.10. The molecule has 2 N–H and O–H groups in total. The zero-order chi connectivity index (χ0) is 22.7. The van der Waals surface area contributed by atoms with Gasteiger partial charge in [-0.3, -0.25) is 0 Å². The molecule has 0 aliphatic heterocycles. The molecule has 0 atom stereocenters. The molecule has 7 nitrogen and oxygen atoms in total. The SMILES string of the molecule is CCNC(=NCc1coc(-c2ccccc2)n1)NCc1nccn1CCCc1ccccc1. The minimum absolute atomic E-state index is 0.428. The second-order valence-electron chi connectivity index (χ2n) is 7.68. The van der Waals surface area contributed by atoms with Gasteiger partial charge in [0.25, 0.3) is 0 Å². The lowest BCUT2D eigenvalue weighted by Gasteiger charge is -2.12. The van der Waals surface area contributed by atoms with Crippen LogP contribution in [0, 0.1) is 0 Å². The van der Waals surface area contributed by atoms with Gasteiger partial charge in [-0.1, -0.05) is 48.5 Å². The molecular weight excluding hydrogens is 412 g/mol. The van der Waals surface area contributed by atoms with E-state index >= 15 is 0 Å². The smallest absolute Gasteiger partial charge is 0.226 e. The number of hydrogen-bond donors (Lipinski definition) is 2. The number of nitrogens with one attached hydrogen (secondary N) is 2. The van der Waals surface area contributed by atoms with Gasteiger partial charge < -0.3 is 19.6 Å². The highest BCUT2D eigenvalue weighted by Gasteiger charge is 2.08. The van der Waals surface area contributed by atoms with Gasteiger partial charge in [-0.2, -0.15) is 0 Å². The maximum atomic E-state index is 5.61. The standard InChI is InChI=1S/C26H30N6O/c1-2-27-26(29-18-23-20-33-25(31-23)22-13-7-4-8-14-22)30-19-24-28-15-17-32(24)16-9-12-21-10-5-3-6-11-21/h3-8,10-11,13-15,17,20H,2,9,12,16,18-19H2,1H3,(H2,27,29,30). The molecule has 4 aromatic rings. The normalized spacial score (nSPS) is 11.5. The van der Waals surface area contributed by atoms with Crippen molar-refractivity contribution in [3.63, 3.8) is 0 Å². The summed E-state index contributed by atoms with van der Waals surface area (Å²) >= 11 is 0. The van der Waals surface area contributed by atoms with Crippen molar-refractivity contribution in [3.05, 3.63) is 96.4 Å². The molecule has 0 amide bonds. The average Bonchev–Trinajstić information content (AvgIpc) is 3.52. The number of hydrogen-bond acceptors (Lipinski definition) is 4. The van der Waals surface area contributed by atoms with E-state index in [0.29, 0.717) is 19.0 Å². The molecule has 0 aliphatic rings. The summed E-state index contributed by atoms with van der Waals surface area (Å²) in [5.74, 6) is 2.32. The van der Waals surface area contributed by atoms with Crippen LogP contribution in [0.3, 0.4) is 0 Å². The Labute approximate surface area is 194 Å². The van der Waals surface area contributed by atoms with Gasteiger partial charge in [0.15, 0.2) is 5.96 Å². The van der Waals surface area contributed by atoms with E-state index in [1.54, 1.807) is 6.26 Å². The van der Waals surface area contributed by atoms with Crippen molar-refractivity contribution in [2.45, 2.75) is 39.4 Å². The number of aryl methyl sites for hydroxylation is 2. The van der Waals surface area contributed by atoms with E-state index in [4.69, 9.17) is 4.42 Å². The molecule has 0 aliphatic carbocycles. The molecule has 0 bridgehead atoms. The molecule has 170 valence electrons. The Hall–Kier alpha value is -3.87. The van der Waals surface area contributed by atoms with Gasteiger partial charge in [-0.25, -0.2) is 15.0 Å². The number of aromatic nitrogens is 3. The van der Waals surface area contributed by atoms with Crippen LogP contribution < -0.4 is 10.6 Å². The number of guanidine groups is 1. The maximum absolute atomic E-state index is 5.61. The van der Waals surface area contributed by atoms with Crippen molar-refractivity contribution < 1.29 is 4.42 Å². The van der Waals surface area contributed by atoms with Crippen LogP contribution in [0.4, 0.5) is 0 Å². The van der Waals surface area contributed by atoms with Crippen LogP contribution in [0.25, 0.3) is 11.5 Å². The zero-order valence-corrected chi connectivity index (χ0v) is 18.9. The van der Waals surface area contributed by atoms with Crippen molar-refractivity contribution in [3.8, 4) is 11.5 Å². The molecule has 0 spiro atoms. The van der Waals surface area contributed by atoms with Crippen molar-refractivity contribution in [2.75, 3.05) is 6.54 Å². The first-order valence-corrected chi connectivity index (χ1v) is 11.4. The van der Waals surface area contributed by atoms with Gasteiger partial charge in [0.05, 0.1) is 13.1 Å². The predicted octanol–water partition coefficient (Wildman–Crippen LogP) is 4.43. The van der Waals surface area contributed by atoms with Crippen LogP contribution in [0.1, 0.15) is 30.4 Å². The van der Waals surface area contributed by atoms with E-state index in [1.807, 2.05) is 49.6 Å². The Bertz CT molecular complexity index is 1130. The zero-order valence-electron chi connectivity index (χ0n) is 18.9. The van der Waals surface area contributed by atoms with E-state index in [-0.39, 0.29) is 0 Å². The third-order valence-corrected chi connectivity index (χ3v) is 5.24. The van der Waals surface area contributed by atoms with Crippen LogP contribution >= 0.6 is 0 Å². The fourth-order valence-corrected chi connectivity index (χ4v) is 3.57. The number of rotatable bonds is 10. The quantitative estimate of drug-likeness (QED) is 0.281. The van der Waals surface area contributed by atoms with Crippen molar-refractivity contribution in [1.29, 1.82) is 0 Å². The molecule has 0 unspecified atom stereocenters. The Kier molecular flexibility index (Phi) is 7.89. The summed E-state index contributed by atoms with van der Waals surface area (Å²) in [6.45, 7) is 4.77. The molecule has 0 saturated heterocycles. The Morgan fingerprint density at radius 3 is 2.61 bits per heavy atom. The second kappa shape index (κ2) is 11.7. The largest absolute Gasteiger partial charge is 0.444 e. The first-order chi connectivity index (χ1) is 16.3. The highest BCUT2D eigenvalue weighted by Crippen LogP contribution is 2.18. The molecule has 0 fully saturated rings. The van der Waals surface area contributed by atoms with Crippen LogP contribution in [-0.2, 0) is 26.1 Å². The average molecular weight is 443 g/mol. The molecule has 2 aromatic heterocycles. The topological polar surface area (TPSA) is 80.3 Å². The lowest BCUT2D eigenvalue weighted by molar-refractivity contribution is 0.572. The second-order valence-corrected chi connectivity index (χ2v) is 7.68. The van der Waals surface area contributed by atoms with Gasteiger partial charge in [0, 0.05) is 31.0 Å². The Balaban J connectivity index is 1.31. The van der Waals surface area contributed by atoms with E-state index in [9.17, 15) is 0 Å². The van der Waals surface area contributed by atoms with Crippen LogP contribution in [0.15, 0.2) is 88.7 Å². The lowest BCUT2D eigenvalue weighted by Crippen LogP contribution is -2.37. The van der Waals surface area contributed by atoms with Gasteiger partial charge in [0.1, 0.15) is 17.8 Å². The summed E-state index contributed by atoms with van der Waals surface area (Å²) in [4.78, 5) is 13.7. The summed E-state index contributed by atoms with van der Waals surface area (Å²) < 4.78 is 7.81. The summed E-state index contributed by atoms with van der Waals surface area (Å²) in [5, 5.41) is 6.66. The maximum Gasteiger partial charge on any atom is 0.226 e. The molecular formula is C26H30N6O. The molecule has 7 heteroatoms. The van der Waals surface area contributed by atoms with Gasteiger partial charge >= 0.3 is 0 Å². The van der Waals surface area contributed by atoms with Gasteiger partial charge in [-0.05, 0) is 37.5 Å². The third kappa shape index (κ3) is 6.55. The van der Waals surface area contributed by atoms with Crippen LogP contribution in [0.2, 0.25) is 0 Å². The highest BCUT2D eigenvalue weighted by atomic mass is 16.3. The van der Waals surface area contributed by atoms with E-state index < -0.39 is 0 Å². The first kappa shape index (κ1) is 22.3. The fourth-order valence-electron chi connectivity index (χ4n) is 3.57. The summed E-state index contributed by atoms with van der Waals surface area (Å²) in [6.07, 6.45) is 7.67. The number of oxazole rings is 1. The van der Waals surface area contributed by atoms with E-state index in [1.165, 1.54) is 5.56 Å². The minimum Gasteiger partial charge on any atom is -0.444 e. The van der Waals surface area contributed by atoms with Crippen LogP contribution in [-0.4, -0.2) is 27.0 Å². The third-order valence-electron chi connectivity index (χ3n) is 5.24. The van der Waals surface area contributed by atoms with E-state index in [2.05, 4.69) is 60.5 Å². The Morgan fingerprint density at radius 1 is 1.03 bits per heavy atom. The van der Waals surface area contributed by atoms with E-state index in [0.717, 1.165) is 49.0 Å². The van der Waals surface area contributed by atoms with Crippen molar-refractivity contribution in [2.24, 2.45) is 4.99 Å². The minimum atomic E-state index is 0.428. The summed E-state index contributed by atoms with van der Waals surface area (Å²) in [7, 11) is 0. The molecule has 4 rings (SSSR count). The number of nitrogens with zero attached hydrogens (tertiary/aromatic N) is 4. The molecule has 0 radical (unpaired) electrons. The number of imidazole rings is 1. The molecule has 2 heterocycles. The van der Waals surface area contributed by atoms with Gasteiger partial charge in [-0.15, -0.1) is 0 Å². The molecule has 33 heavy (non-hydrogen) atoms. The molecule has 0 saturated carbocycles. The van der Waals surface area contributed by atoms with Crippen molar-refractivity contribution in [1.82, 2.24) is 25.2 Å². The number of benzene rings is 2. The predicted molar refractivity (Wildman–Crippen MR) is 131 cm³/mol.